The smallest absolute Gasteiger partial charge is 0.128 e. The molecule has 66 valence electrons. The maximum absolute atomic E-state index is 12.9. The van der Waals surface area contributed by atoms with Gasteiger partial charge in [-0.2, -0.15) is 0 Å². The Morgan fingerprint density at radius 2 is 2.00 bits per heavy atom. The van der Waals surface area contributed by atoms with Crippen molar-refractivity contribution < 1.29 is 14.6 Å². The minimum Gasteiger partial charge on any atom is -0.396 e. The first-order chi connectivity index (χ1) is 5.75. The number of hydrogen-bond donors (Lipinski definition) is 2. The Labute approximate surface area is 70.3 Å². The molecule has 0 heterocycles. The van der Waals surface area contributed by atoms with Crippen molar-refractivity contribution in [2.75, 3.05) is 6.61 Å². The molecule has 1 aromatic rings. The zero-order chi connectivity index (χ0) is 8.97. The van der Waals surface area contributed by atoms with Crippen molar-refractivity contribution >= 4 is 0 Å². The SMILES string of the molecule is OCC[C@@H](O)c1ccccc1F. The van der Waals surface area contributed by atoms with E-state index in [2.05, 4.69) is 0 Å². The minimum absolute atomic E-state index is 0.143. The fraction of sp³-hybridized carbons (Fsp3) is 0.333. The molecule has 1 rings (SSSR count). The molecule has 2 N–H and O–H groups in total. The molecule has 1 aromatic carbocycles. The molecule has 0 amide bonds. The average molecular weight is 170 g/mol. The molecule has 0 radical (unpaired) electrons. The van der Waals surface area contributed by atoms with E-state index in [1.54, 1.807) is 12.1 Å². The van der Waals surface area contributed by atoms with Gasteiger partial charge >= 0.3 is 0 Å². The van der Waals surface area contributed by atoms with Crippen LogP contribution in [0.4, 0.5) is 4.39 Å². The molecule has 0 saturated heterocycles. The van der Waals surface area contributed by atoms with Gasteiger partial charge in [-0.25, -0.2) is 4.39 Å². The molecule has 3 heteroatoms. The van der Waals surface area contributed by atoms with Crippen molar-refractivity contribution in [3.05, 3.63) is 35.6 Å². The van der Waals surface area contributed by atoms with E-state index in [0.717, 1.165) is 0 Å². The lowest BCUT2D eigenvalue weighted by molar-refractivity contribution is 0.131. The second-order valence-electron chi connectivity index (χ2n) is 2.55. The van der Waals surface area contributed by atoms with Gasteiger partial charge < -0.3 is 10.2 Å². The Morgan fingerprint density at radius 1 is 1.33 bits per heavy atom. The number of halogens is 1. The highest BCUT2D eigenvalue weighted by Crippen LogP contribution is 2.18. The van der Waals surface area contributed by atoms with Crippen molar-refractivity contribution in [3.63, 3.8) is 0 Å². The summed E-state index contributed by atoms with van der Waals surface area (Å²) in [6, 6.07) is 6.01. The third-order valence-corrected chi connectivity index (χ3v) is 1.67. The van der Waals surface area contributed by atoms with Crippen LogP contribution in [0.3, 0.4) is 0 Å². The van der Waals surface area contributed by atoms with Gasteiger partial charge in [-0.15, -0.1) is 0 Å². The Kier molecular flexibility index (Phi) is 3.19. The van der Waals surface area contributed by atoms with Gasteiger partial charge in [0.1, 0.15) is 5.82 Å². The average Bonchev–Trinajstić information content (AvgIpc) is 2.05. The Bertz CT molecular complexity index is 250. The Hall–Kier alpha value is -0.930. The number of aliphatic hydroxyl groups excluding tert-OH is 2. The fourth-order valence-electron chi connectivity index (χ4n) is 1.02. The second-order valence-corrected chi connectivity index (χ2v) is 2.55. The van der Waals surface area contributed by atoms with Crippen LogP contribution in [-0.2, 0) is 0 Å². The van der Waals surface area contributed by atoms with Gasteiger partial charge in [-0.05, 0) is 6.07 Å². The molecule has 0 aromatic heterocycles. The Morgan fingerprint density at radius 3 is 2.58 bits per heavy atom. The van der Waals surface area contributed by atoms with E-state index in [-0.39, 0.29) is 18.6 Å². The fourth-order valence-corrected chi connectivity index (χ4v) is 1.02. The van der Waals surface area contributed by atoms with E-state index in [9.17, 15) is 9.50 Å². The standard InChI is InChI=1S/C9H11FO2/c10-8-4-2-1-3-7(8)9(12)5-6-11/h1-4,9,11-12H,5-6H2/t9-/m1/s1. The lowest BCUT2D eigenvalue weighted by atomic mass is 10.1. The van der Waals surface area contributed by atoms with Crippen LogP contribution < -0.4 is 0 Å². The molecule has 0 aliphatic carbocycles. The normalized spacial score (nSPS) is 12.9. The van der Waals surface area contributed by atoms with E-state index in [0.29, 0.717) is 0 Å². The molecule has 1 atom stereocenters. The van der Waals surface area contributed by atoms with Crippen molar-refractivity contribution in [1.29, 1.82) is 0 Å². The number of hydrogen-bond acceptors (Lipinski definition) is 2. The van der Waals surface area contributed by atoms with Crippen LogP contribution in [0, 0.1) is 5.82 Å². The minimum atomic E-state index is -0.906. The first-order valence-electron chi connectivity index (χ1n) is 3.79. The summed E-state index contributed by atoms with van der Waals surface area (Å²) < 4.78 is 12.9. The highest BCUT2D eigenvalue weighted by molar-refractivity contribution is 5.19. The lowest BCUT2D eigenvalue weighted by Crippen LogP contribution is -2.02. The third-order valence-electron chi connectivity index (χ3n) is 1.67. The van der Waals surface area contributed by atoms with E-state index in [4.69, 9.17) is 5.11 Å². The van der Waals surface area contributed by atoms with Crippen LogP contribution in [0.1, 0.15) is 18.1 Å². The van der Waals surface area contributed by atoms with E-state index in [1.165, 1.54) is 12.1 Å². The summed E-state index contributed by atoms with van der Waals surface area (Å²) in [4.78, 5) is 0. The molecule has 0 aliphatic rings. The van der Waals surface area contributed by atoms with Crippen LogP contribution >= 0.6 is 0 Å². The van der Waals surface area contributed by atoms with Gasteiger partial charge in [0.05, 0.1) is 6.10 Å². The van der Waals surface area contributed by atoms with E-state index >= 15 is 0 Å². The van der Waals surface area contributed by atoms with Gasteiger partial charge in [0.15, 0.2) is 0 Å². The first-order valence-corrected chi connectivity index (χ1v) is 3.79. The molecular formula is C9H11FO2. The zero-order valence-electron chi connectivity index (χ0n) is 6.57. The summed E-state index contributed by atoms with van der Waals surface area (Å²) in [5.74, 6) is -0.432. The third kappa shape index (κ3) is 2.03. The lowest BCUT2D eigenvalue weighted by Gasteiger charge is -2.09. The molecule has 12 heavy (non-hydrogen) atoms. The molecule has 0 aliphatic heterocycles. The quantitative estimate of drug-likeness (QED) is 0.716. The zero-order valence-corrected chi connectivity index (χ0v) is 6.57. The summed E-state index contributed by atoms with van der Waals surface area (Å²) in [6.45, 7) is -0.143. The highest BCUT2D eigenvalue weighted by atomic mass is 19.1. The number of aliphatic hydroxyl groups is 2. The van der Waals surface area contributed by atoms with Gasteiger partial charge in [0.2, 0.25) is 0 Å². The van der Waals surface area contributed by atoms with E-state index < -0.39 is 11.9 Å². The molecule has 2 nitrogen and oxygen atoms in total. The van der Waals surface area contributed by atoms with Crippen molar-refractivity contribution in [1.82, 2.24) is 0 Å². The summed E-state index contributed by atoms with van der Waals surface area (Å²) in [5, 5.41) is 17.8. The molecule has 0 unspecified atom stereocenters. The summed E-state index contributed by atoms with van der Waals surface area (Å²) >= 11 is 0. The maximum atomic E-state index is 12.9. The molecule has 0 saturated carbocycles. The maximum Gasteiger partial charge on any atom is 0.128 e. The van der Waals surface area contributed by atoms with Crippen LogP contribution in [-0.4, -0.2) is 16.8 Å². The molecule has 0 fully saturated rings. The van der Waals surface area contributed by atoms with Gasteiger partial charge in [0, 0.05) is 18.6 Å². The largest absolute Gasteiger partial charge is 0.396 e. The first kappa shape index (κ1) is 9.16. The van der Waals surface area contributed by atoms with Crippen molar-refractivity contribution in [2.24, 2.45) is 0 Å². The predicted octanol–water partition coefficient (Wildman–Crippen LogP) is 1.24. The van der Waals surface area contributed by atoms with Crippen LogP contribution in [0.5, 0.6) is 0 Å². The highest BCUT2D eigenvalue weighted by Gasteiger charge is 2.10. The van der Waals surface area contributed by atoms with Gasteiger partial charge in [0.25, 0.3) is 0 Å². The summed E-state index contributed by atoms with van der Waals surface area (Å²) in [6.07, 6.45) is -0.739. The van der Waals surface area contributed by atoms with Gasteiger partial charge in [-0.3, -0.25) is 0 Å². The topological polar surface area (TPSA) is 40.5 Å². The monoisotopic (exact) mass is 170 g/mol. The summed E-state index contributed by atoms with van der Waals surface area (Å²) in [7, 11) is 0. The second kappa shape index (κ2) is 4.18. The van der Waals surface area contributed by atoms with Gasteiger partial charge in [-0.1, -0.05) is 18.2 Å². The number of rotatable bonds is 3. The molecule has 0 bridgehead atoms. The predicted molar refractivity (Wildman–Crippen MR) is 43.1 cm³/mol. The van der Waals surface area contributed by atoms with Crippen molar-refractivity contribution in [2.45, 2.75) is 12.5 Å². The van der Waals surface area contributed by atoms with Crippen LogP contribution in [0.15, 0.2) is 24.3 Å². The molecule has 0 spiro atoms. The van der Waals surface area contributed by atoms with E-state index in [1.807, 2.05) is 0 Å². The Balaban J connectivity index is 2.79. The van der Waals surface area contributed by atoms with Crippen LogP contribution in [0.2, 0.25) is 0 Å². The van der Waals surface area contributed by atoms with Crippen LogP contribution in [0.25, 0.3) is 0 Å². The summed E-state index contributed by atoms with van der Waals surface area (Å²) in [5.41, 5.74) is 0.242. The van der Waals surface area contributed by atoms with Crippen molar-refractivity contribution in [3.8, 4) is 0 Å². The molecular weight excluding hydrogens is 159 g/mol. The number of benzene rings is 1.